The number of nitrogens with zero attached hydrogens (tertiary/aromatic N) is 3. The summed E-state index contributed by atoms with van der Waals surface area (Å²) in [5.74, 6) is 0.649. The molecule has 0 saturated carbocycles. The van der Waals surface area contributed by atoms with Gasteiger partial charge in [0.2, 0.25) is 12.6 Å². The third-order valence-corrected chi connectivity index (χ3v) is 4.50. The maximum atomic E-state index is 14.2. The summed E-state index contributed by atoms with van der Waals surface area (Å²) in [5, 5.41) is 2.82. The van der Waals surface area contributed by atoms with Crippen molar-refractivity contribution in [3.05, 3.63) is 36.0 Å². The third-order valence-electron chi connectivity index (χ3n) is 4.50. The van der Waals surface area contributed by atoms with Crippen molar-refractivity contribution in [2.24, 2.45) is 0 Å². The monoisotopic (exact) mass is 374 g/mol. The van der Waals surface area contributed by atoms with Gasteiger partial charge in [-0.1, -0.05) is 6.92 Å². The van der Waals surface area contributed by atoms with Crippen molar-refractivity contribution < 1.29 is 23.4 Å². The number of urea groups is 1. The Morgan fingerprint density at radius 3 is 3.07 bits per heavy atom. The second-order valence-electron chi connectivity index (χ2n) is 6.27. The number of aryl methyl sites for hydroxylation is 1. The van der Waals surface area contributed by atoms with Gasteiger partial charge in [-0.2, -0.15) is 9.37 Å². The highest BCUT2D eigenvalue weighted by molar-refractivity contribution is 5.90. The Bertz CT molecular complexity index is 863. The van der Waals surface area contributed by atoms with Gasteiger partial charge < -0.3 is 24.4 Å². The summed E-state index contributed by atoms with van der Waals surface area (Å²) >= 11 is 0. The van der Waals surface area contributed by atoms with Gasteiger partial charge in [-0.3, -0.25) is 0 Å². The summed E-state index contributed by atoms with van der Waals surface area (Å²) in [5.41, 5.74) is 0.929. The topological polar surface area (TPSA) is 85.8 Å². The molecule has 3 heterocycles. The minimum Gasteiger partial charge on any atom is -0.470 e. The first-order valence-electron chi connectivity index (χ1n) is 8.75. The van der Waals surface area contributed by atoms with Gasteiger partial charge in [0.05, 0.1) is 12.2 Å². The molecule has 2 aliphatic rings. The SMILES string of the molecule is CCc1ncnc(O[C@H]2CCN(C(=O)Nc3ccc4c(c3)OCO4)C2)c1F. The number of carbonyl (C=O) groups is 1. The molecule has 0 spiro atoms. The second-order valence-corrected chi connectivity index (χ2v) is 6.27. The molecule has 1 aromatic carbocycles. The number of ether oxygens (including phenoxy) is 3. The number of likely N-dealkylation sites (tertiary alicyclic amines) is 1. The van der Waals surface area contributed by atoms with Crippen LogP contribution in [0.1, 0.15) is 19.0 Å². The van der Waals surface area contributed by atoms with Crippen LogP contribution in [0.15, 0.2) is 24.5 Å². The number of aromatic nitrogens is 2. The Balaban J connectivity index is 1.36. The van der Waals surface area contributed by atoms with E-state index in [9.17, 15) is 9.18 Å². The summed E-state index contributed by atoms with van der Waals surface area (Å²) in [6.07, 6.45) is 2.02. The molecule has 27 heavy (non-hydrogen) atoms. The van der Waals surface area contributed by atoms with Crippen LogP contribution in [0.3, 0.4) is 0 Å². The van der Waals surface area contributed by atoms with Crippen molar-refractivity contribution in [1.29, 1.82) is 0 Å². The number of halogens is 1. The molecular formula is C18H19FN4O4. The van der Waals surface area contributed by atoms with Crippen LogP contribution < -0.4 is 19.5 Å². The molecule has 142 valence electrons. The van der Waals surface area contributed by atoms with E-state index < -0.39 is 5.82 Å². The van der Waals surface area contributed by atoms with Gasteiger partial charge in [0, 0.05) is 24.7 Å². The Kier molecular flexibility index (Phi) is 4.66. The second kappa shape index (κ2) is 7.26. The molecule has 2 amide bonds. The first-order chi connectivity index (χ1) is 13.1. The first-order valence-corrected chi connectivity index (χ1v) is 8.75. The minimum absolute atomic E-state index is 0.0649. The summed E-state index contributed by atoms with van der Waals surface area (Å²) in [6, 6.07) is 4.96. The van der Waals surface area contributed by atoms with Crippen LogP contribution in [0, 0.1) is 5.82 Å². The Labute approximate surface area is 155 Å². The van der Waals surface area contributed by atoms with Gasteiger partial charge in [0.15, 0.2) is 11.5 Å². The first kappa shape index (κ1) is 17.3. The van der Waals surface area contributed by atoms with E-state index in [0.717, 1.165) is 0 Å². The molecule has 8 nitrogen and oxygen atoms in total. The van der Waals surface area contributed by atoms with Gasteiger partial charge in [0.1, 0.15) is 12.4 Å². The van der Waals surface area contributed by atoms with Gasteiger partial charge in [-0.25, -0.2) is 9.78 Å². The summed E-state index contributed by atoms with van der Waals surface area (Å²) < 4.78 is 30.4. The average molecular weight is 374 g/mol. The molecule has 1 fully saturated rings. The van der Waals surface area contributed by atoms with Crippen LogP contribution in [-0.4, -0.2) is 46.9 Å². The average Bonchev–Trinajstić information content (AvgIpc) is 3.32. The lowest BCUT2D eigenvalue weighted by Crippen LogP contribution is -2.34. The number of fused-ring (bicyclic) bond motifs is 1. The lowest BCUT2D eigenvalue weighted by molar-refractivity contribution is 0.174. The molecule has 1 atom stereocenters. The summed E-state index contributed by atoms with van der Waals surface area (Å²) in [7, 11) is 0. The molecule has 4 rings (SSSR count). The smallest absolute Gasteiger partial charge is 0.321 e. The molecule has 1 saturated heterocycles. The van der Waals surface area contributed by atoms with Crippen LogP contribution >= 0.6 is 0 Å². The van der Waals surface area contributed by atoms with E-state index in [1.54, 1.807) is 23.1 Å². The van der Waals surface area contributed by atoms with Gasteiger partial charge >= 0.3 is 6.03 Å². The Hall–Kier alpha value is -3.10. The molecule has 9 heteroatoms. The van der Waals surface area contributed by atoms with Crippen LogP contribution in [0.5, 0.6) is 17.4 Å². The fraction of sp³-hybridized carbons (Fsp3) is 0.389. The summed E-state index contributed by atoms with van der Waals surface area (Å²) in [4.78, 5) is 21.8. The number of amides is 2. The quantitative estimate of drug-likeness (QED) is 0.885. The number of hydrogen-bond acceptors (Lipinski definition) is 6. The molecule has 1 N–H and O–H groups in total. The van der Waals surface area contributed by atoms with Crippen molar-refractivity contribution in [2.75, 3.05) is 25.2 Å². The number of nitrogens with one attached hydrogen (secondary N) is 1. The van der Waals surface area contributed by atoms with E-state index in [4.69, 9.17) is 14.2 Å². The van der Waals surface area contributed by atoms with Crippen molar-refractivity contribution in [3.8, 4) is 17.4 Å². The van der Waals surface area contributed by atoms with E-state index in [2.05, 4.69) is 15.3 Å². The van der Waals surface area contributed by atoms with Crippen LogP contribution in [0.2, 0.25) is 0 Å². The largest absolute Gasteiger partial charge is 0.470 e. The standard InChI is InChI=1S/C18H19FN4O4/c1-2-13-16(19)17(21-9-20-13)27-12-5-6-23(8-12)18(24)22-11-3-4-14-15(7-11)26-10-25-14/h3-4,7,9,12H,2,5-6,8,10H2,1H3,(H,22,24)/t12-/m0/s1. The predicted octanol–water partition coefficient (Wildman–Crippen LogP) is 2.59. The van der Waals surface area contributed by atoms with Crippen molar-refractivity contribution in [2.45, 2.75) is 25.9 Å². The maximum Gasteiger partial charge on any atom is 0.321 e. The molecule has 0 unspecified atom stereocenters. The lowest BCUT2D eigenvalue weighted by atomic mass is 10.3. The summed E-state index contributed by atoms with van der Waals surface area (Å²) in [6.45, 7) is 2.85. The Morgan fingerprint density at radius 1 is 1.37 bits per heavy atom. The van der Waals surface area contributed by atoms with Crippen LogP contribution in [0.4, 0.5) is 14.9 Å². The molecule has 0 radical (unpaired) electrons. The number of anilines is 1. The minimum atomic E-state index is -0.539. The third kappa shape index (κ3) is 3.57. The number of hydrogen-bond donors (Lipinski definition) is 1. The number of benzene rings is 1. The van der Waals surface area contributed by atoms with Crippen LogP contribution in [-0.2, 0) is 6.42 Å². The number of rotatable bonds is 4. The fourth-order valence-electron chi connectivity index (χ4n) is 3.06. The zero-order chi connectivity index (χ0) is 18.8. The lowest BCUT2D eigenvalue weighted by Gasteiger charge is -2.18. The molecule has 0 aliphatic carbocycles. The van der Waals surface area contributed by atoms with E-state index in [1.165, 1.54) is 6.33 Å². The highest BCUT2D eigenvalue weighted by atomic mass is 19.1. The van der Waals surface area contributed by atoms with E-state index in [-0.39, 0.29) is 24.8 Å². The molecular weight excluding hydrogens is 355 g/mol. The molecule has 2 aliphatic heterocycles. The zero-order valence-electron chi connectivity index (χ0n) is 14.8. The van der Waals surface area contributed by atoms with Gasteiger partial charge in [-0.15, -0.1) is 0 Å². The van der Waals surface area contributed by atoms with E-state index >= 15 is 0 Å². The number of carbonyl (C=O) groups excluding carboxylic acids is 1. The zero-order valence-corrected chi connectivity index (χ0v) is 14.8. The molecule has 0 bridgehead atoms. The van der Waals surface area contributed by atoms with Crippen molar-refractivity contribution in [3.63, 3.8) is 0 Å². The van der Waals surface area contributed by atoms with Crippen molar-refractivity contribution in [1.82, 2.24) is 14.9 Å². The molecule has 1 aromatic heterocycles. The highest BCUT2D eigenvalue weighted by Crippen LogP contribution is 2.34. The Morgan fingerprint density at radius 2 is 2.22 bits per heavy atom. The van der Waals surface area contributed by atoms with Gasteiger partial charge in [-0.05, 0) is 18.6 Å². The van der Waals surface area contributed by atoms with Crippen molar-refractivity contribution >= 4 is 11.7 Å². The molecule has 2 aromatic rings. The van der Waals surface area contributed by atoms with Gasteiger partial charge in [0.25, 0.3) is 5.88 Å². The predicted molar refractivity (Wildman–Crippen MR) is 93.6 cm³/mol. The fourth-order valence-corrected chi connectivity index (χ4v) is 3.06. The van der Waals surface area contributed by atoms with E-state index in [0.29, 0.717) is 48.8 Å². The normalized spacial score (nSPS) is 17.9. The van der Waals surface area contributed by atoms with Crippen LogP contribution in [0.25, 0.3) is 0 Å². The maximum absolute atomic E-state index is 14.2. The van der Waals surface area contributed by atoms with E-state index in [1.807, 2.05) is 6.92 Å². The highest BCUT2D eigenvalue weighted by Gasteiger charge is 2.29.